The van der Waals surface area contributed by atoms with Gasteiger partial charge in [-0.25, -0.2) is 12.8 Å². The average molecular weight is 482 g/mol. The standard InChI is InChI=1S/C22H25ClFN3O4S/c23-20-7-2-1-5-16(20)15-26-22(29)21(28)25-13-12-18-6-3-4-14-27(18)32(30,31)19-10-8-17(24)9-11-19/h1-2,5,7-11,18H,3-4,6,12-15H2,(H,25,28)(H,26,29)/t18-/m1/s1. The van der Waals surface area contributed by atoms with Gasteiger partial charge in [0.2, 0.25) is 10.0 Å². The first-order valence-electron chi connectivity index (χ1n) is 10.4. The van der Waals surface area contributed by atoms with Crippen LogP contribution in [0, 0.1) is 5.82 Å². The summed E-state index contributed by atoms with van der Waals surface area (Å²) in [6, 6.07) is 11.4. The summed E-state index contributed by atoms with van der Waals surface area (Å²) in [7, 11) is -3.78. The van der Waals surface area contributed by atoms with Gasteiger partial charge in [-0.1, -0.05) is 36.2 Å². The molecule has 1 aliphatic rings. The van der Waals surface area contributed by atoms with Crippen LogP contribution in [-0.2, 0) is 26.2 Å². The molecule has 1 aliphatic heterocycles. The first-order valence-corrected chi connectivity index (χ1v) is 12.2. The van der Waals surface area contributed by atoms with E-state index in [1.54, 1.807) is 24.3 Å². The van der Waals surface area contributed by atoms with Gasteiger partial charge in [-0.3, -0.25) is 9.59 Å². The van der Waals surface area contributed by atoms with Crippen molar-refractivity contribution in [1.29, 1.82) is 0 Å². The number of amides is 2. The first kappa shape index (κ1) is 24.2. The molecule has 7 nitrogen and oxygen atoms in total. The van der Waals surface area contributed by atoms with Gasteiger partial charge in [-0.15, -0.1) is 0 Å². The average Bonchev–Trinajstić information content (AvgIpc) is 2.79. The van der Waals surface area contributed by atoms with Gasteiger partial charge >= 0.3 is 11.8 Å². The molecule has 0 aliphatic carbocycles. The van der Waals surface area contributed by atoms with E-state index in [4.69, 9.17) is 11.6 Å². The fourth-order valence-corrected chi connectivity index (χ4v) is 5.58. The van der Waals surface area contributed by atoms with Gasteiger partial charge in [0, 0.05) is 30.7 Å². The summed E-state index contributed by atoms with van der Waals surface area (Å²) in [4.78, 5) is 24.2. The highest BCUT2D eigenvalue weighted by Gasteiger charge is 2.33. The number of benzene rings is 2. The Kier molecular flexibility index (Phi) is 8.22. The van der Waals surface area contributed by atoms with Crippen LogP contribution in [0.15, 0.2) is 53.4 Å². The molecule has 32 heavy (non-hydrogen) atoms. The van der Waals surface area contributed by atoms with Crippen LogP contribution < -0.4 is 10.6 Å². The lowest BCUT2D eigenvalue weighted by molar-refractivity contribution is -0.139. The van der Waals surface area contributed by atoms with Crippen LogP contribution in [0.2, 0.25) is 5.02 Å². The van der Waals surface area contributed by atoms with Crippen LogP contribution in [0.1, 0.15) is 31.2 Å². The number of sulfonamides is 1. The summed E-state index contributed by atoms with van der Waals surface area (Å²) in [5.41, 5.74) is 0.694. The highest BCUT2D eigenvalue weighted by molar-refractivity contribution is 7.89. The Bertz CT molecular complexity index is 1060. The highest BCUT2D eigenvalue weighted by Crippen LogP contribution is 2.27. The molecule has 2 amide bonds. The van der Waals surface area contributed by atoms with Crippen LogP contribution in [-0.4, -0.2) is 43.7 Å². The van der Waals surface area contributed by atoms with Crippen molar-refractivity contribution in [2.45, 2.75) is 43.2 Å². The first-order chi connectivity index (χ1) is 15.3. The SMILES string of the molecule is O=C(NCC[C@H]1CCCCN1S(=O)(=O)c1ccc(F)cc1)C(=O)NCc1ccccc1Cl. The third kappa shape index (κ3) is 6.05. The van der Waals surface area contributed by atoms with Crippen molar-refractivity contribution < 1.29 is 22.4 Å². The van der Waals surface area contributed by atoms with Crippen LogP contribution in [0.3, 0.4) is 0 Å². The van der Waals surface area contributed by atoms with Crippen molar-refractivity contribution in [1.82, 2.24) is 14.9 Å². The molecule has 0 spiro atoms. The molecule has 1 atom stereocenters. The van der Waals surface area contributed by atoms with Gasteiger partial charge in [0.15, 0.2) is 0 Å². The fourth-order valence-electron chi connectivity index (χ4n) is 3.65. The Morgan fingerprint density at radius 3 is 2.44 bits per heavy atom. The molecule has 0 saturated carbocycles. The zero-order chi connectivity index (χ0) is 23.1. The van der Waals surface area contributed by atoms with Gasteiger partial charge in [-0.05, 0) is 55.2 Å². The number of rotatable bonds is 7. The Balaban J connectivity index is 1.53. The van der Waals surface area contributed by atoms with Crippen LogP contribution in [0.4, 0.5) is 4.39 Å². The molecule has 3 rings (SSSR count). The monoisotopic (exact) mass is 481 g/mol. The topological polar surface area (TPSA) is 95.6 Å². The number of hydrogen-bond acceptors (Lipinski definition) is 4. The minimum Gasteiger partial charge on any atom is -0.348 e. The quantitative estimate of drug-likeness (QED) is 0.594. The molecule has 0 radical (unpaired) electrons. The second kappa shape index (κ2) is 10.9. The Morgan fingerprint density at radius 2 is 1.72 bits per heavy atom. The summed E-state index contributed by atoms with van der Waals surface area (Å²) >= 11 is 6.04. The van der Waals surface area contributed by atoms with Gasteiger partial charge in [0.25, 0.3) is 0 Å². The van der Waals surface area contributed by atoms with Crippen LogP contribution in [0.25, 0.3) is 0 Å². The van der Waals surface area contributed by atoms with E-state index in [0.29, 0.717) is 30.0 Å². The molecule has 2 aromatic carbocycles. The molecule has 172 valence electrons. The number of carbonyl (C=O) groups excluding carboxylic acids is 2. The van der Waals surface area contributed by atoms with E-state index in [0.717, 1.165) is 25.0 Å². The van der Waals surface area contributed by atoms with Crippen LogP contribution >= 0.6 is 11.6 Å². The van der Waals surface area contributed by atoms with Gasteiger partial charge in [0.05, 0.1) is 4.90 Å². The Labute approximate surface area is 192 Å². The largest absolute Gasteiger partial charge is 0.348 e. The summed E-state index contributed by atoms with van der Waals surface area (Å²) in [6.07, 6.45) is 2.61. The number of nitrogens with zero attached hydrogens (tertiary/aromatic N) is 1. The summed E-state index contributed by atoms with van der Waals surface area (Å²) < 4.78 is 40.6. The van der Waals surface area contributed by atoms with Crippen LogP contribution in [0.5, 0.6) is 0 Å². The Hall–Kier alpha value is -2.49. The van der Waals surface area contributed by atoms with Crippen molar-refractivity contribution in [3.63, 3.8) is 0 Å². The van der Waals surface area contributed by atoms with Crippen molar-refractivity contribution in [3.05, 3.63) is 64.9 Å². The van der Waals surface area contributed by atoms with Crippen molar-refractivity contribution in [2.75, 3.05) is 13.1 Å². The minimum atomic E-state index is -3.78. The third-order valence-electron chi connectivity index (χ3n) is 5.36. The molecular formula is C22H25ClFN3O4S. The van der Waals surface area contributed by atoms with E-state index in [-0.39, 0.29) is 24.0 Å². The minimum absolute atomic E-state index is 0.0359. The zero-order valence-electron chi connectivity index (χ0n) is 17.4. The van der Waals surface area contributed by atoms with Crippen molar-refractivity contribution >= 4 is 33.4 Å². The number of halogens is 2. The third-order valence-corrected chi connectivity index (χ3v) is 7.69. The lowest BCUT2D eigenvalue weighted by Gasteiger charge is -2.34. The molecule has 2 N–H and O–H groups in total. The maximum Gasteiger partial charge on any atom is 0.309 e. The van der Waals surface area contributed by atoms with E-state index in [9.17, 15) is 22.4 Å². The van der Waals surface area contributed by atoms with E-state index < -0.39 is 27.7 Å². The number of hydrogen-bond donors (Lipinski definition) is 2. The number of nitrogens with one attached hydrogen (secondary N) is 2. The predicted molar refractivity (Wildman–Crippen MR) is 119 cm³/mol. The lowest BCUT2D eigenvalue weighted by atomic mass is 10.0. The molecule has 0 bridgehead atoms. The molecular weight excluding hydrogens is 457 g/mol. The molecule has 0 unspecified atom stereocenters. The van der Waals surface area contributed by atoms with E-state index in [1.807, 2.05) is 0 Å². The normalized spacial score (nSPS) is 17.0. The molecule has 1 fully saturated rings. The van der Waals surface area contributed by atoms with Gasteiger partial charge in [0.1, 0.15) is 5.82 Å². The van der Waals surface area contributed by atoms with Crippen molar-refractivity contribution in [2.24, 2.45) is 0 Å². The second-order valence-electron chi connectivity index (χ2n) is 7.54. The smallest absolute Gasteiger partial charge is 0.309 e. The highest BCUT2D eigenvalue weighted by atomic mass is 35.5. The zero-order valence-corrected chi connectivity index (χ0v) is 19.0. The van der Waals surface area contributed by atoms with Gasteiger partial charge < -0.3 is 10.6 Å². The Morgan fingerprint density at radius 1 is 1.03 bits per heavy atom. The fraction of sp³-hybridized carbons (Fsp3) is 0.364. The second-order valence-corrected chi connectivity index (χ2v) is 9.84. The summed E-state index contributed by atoms with van der Waals surface area (Å²) in [5, 5.41) is 5.55. The number of piperidine rings is 1. The summed E-state index contributed by atoms with van der Waals surface area (Å²) in [5.74, 6) is -2.08. The maximum atomic E-state index is 13.2. The van der Waals surface area contributed by atoms with E-state index in [2.05, 4.69) is 10.6 Å². The lowest BCUT2D eigenvalue weighted by Crippen LogP contribution is -2.46. The molecule has 1 saturated heterocycles. The molecule has 1 heterocycles. The molecule has 0 aromatic heterocycles. The van der Waals surface area contributed by atoms with E-state index >= 15 is 0 Å². The maximum absolute atomic E-state index is 13.2. The van der Waals surface area contributed by atoms with Gasteiger partial charge in [-0.2, -0.15) is 4.31 Å². The van der Waals surface area contributed by atoms with Crippen molar-refractivity contribution in [3.8, 4) is 0 Å². The molecule has 10 heteroatoms. The number of carbonyl (C=O) groups is 2. The predicted octanol–water partition coefficient (Wildman–Crippen LogP) is 2.85. The van der Waals surface area contributed by atoms with E-state index in [1.165, 1.54) is 16.4 Å². The molecule has 2 aromatic rings. The summed E-state index contributed by atoms with van der Waals surface area (Å²) in [6.45, 7) is 0.632.